The van der Waals surface area contributed by atoms with Crippen molar-refractivity contribution >= 4 is 40.6 Å². The second kappa shape index (κ2) is 10.2. The smallest absolute Gasteiger partial charge is 0.234 e. The van der Waals surface area contributed by atoms with Crippen LogP contribution in [-0.2, 0) is 16.1 Å². The largest absolute Gasteiger partial charge is 0.507 e. The minimum atomic E-state index is -0.167. The van der Waals surface area contributed by atoms with Crippen molar-refractivity contribution in [3.8, 4) is 17.1 Å². The van der Waals surface area contributed by atoms with Gasteiger partial charge in [0.2, 0.25) is 5.91 Å². The van der Waals surface area contributed by atoms with Gasteiger partial charge in [0.1, 0.15) is 5.75 Å². The number of ether oxygens (including phenoxy) is 1. The number of phenols is 1. The molecule has 168 valence electrons. The first-order chi connectivity index (χ1) is 15.6. The van der Waals surface area contributed by atoms with Crippen molar-refractivity contribution in [2.75, 3.05) is 42.3 Å². The summed E-state index contributed by atoms with van der Waals surface area (Å²) >= 11 is 7.74. The number of carbonyl (C=O) groups excluding carboxylic acids is 1. The van der Waals surface area contributed by atoms with Gasteiger partial charge in [0.25, 0.3) is 0 Å². The molecule has 2 N–H and O–H groups in total. The van der Waals surface area contributed by atoms with Crippen LogP contribution in [-0.4, -0.2) is 57.8 Å². The number of nitrogens with one attached hydrogen (secondary N) is 1. The Morgan fingerprint density at radius 3 is 2.72 bits per heavy atom. The Morgan fingerprint density at radius 2 is 2.00 bits per heavy atom. The number of hydrogen-bond donors (Lipinski definition) is 2. The lowest BCUT2D eigenvalue weighted by Gasteiger charge is -2.29. The van der Waals surface area contributed by atoms with E-state index in [1.54, 1.807) is 24.3 Å². The van der Waals surface area contributed by atoms with Gasteiger partial charge in [0, 0.05) is 25.3 Å². The summed E-state index contributed by atoms with van der Waals surface area (Å²) in [6, 6.07) is 12.5. The number of halogens is 1. The van der Waals surface area contributed by atoms with E-state index in [2.05, 4.69) is 20.4 Å². The molecule has 0 spiro atoms. The minimum Gasteiger partial charge on any atom is -0.507 e. The highest BCUT2D eigenvalue weighted by molar-refractivity contribution is 7.99. The molecule has 1 amide bonds. The number of nitrogens with zero attached hydrogens (tertiary/aromatic N) is 4. The molecule has 1 fully saturated rings. The average molecular weight is 474 g/mol. The Labute approximate surface area is 195 Å². The number of carbonyl (C=O) groups is 1. The van der Waals surface area contributed by atoms with Crippen LogP contribution in [0.3, 0.4) is 0 Å². The van der Waals surface area contributed by atoms with Gasteiger partial charge in [-0.05, 0) is 37.3 Å². The molecule has 32 heavy (non-hydrogen) atoms. The van der Waals surface area contributed by atoms with Gasteiger partial charge in [0.15, 0.2) is 11.0 Å². The summed E-state index contributed by atoms with van der Waals surface area (Å²) in [5.74, 6) is 0.710. The first-order valence-electron chi connectivity index (χ1n) is 10.3. The van der Waals surface area contributed by atoms with Crippen molar-refractivity contribution in [3.63, 3.8) is 0 Å². The number of aromatic hydroxyl groups is 1. The normalized spacial score (nSPS) is 13.9. The predicted molar refractivity (Wildman–Crippen MR) is 127 cm³/mol. The van der Waals surface area contributed by atoms with Gasteiger partial charge in [-0.1, -0.05) is 35.5 Å². The molecule has 1 aliphatic heterocycles. The average Bonchev–Trinajstić information content (AvgIpc) is 3.21. The van der Waals surface area contributed by atoms with Gasteiger partial charge in [-0.15, -0.1) is 10.2 Å². The van der Waals surface area contributed by atoms with Crippen molar-refractivity contribution in [1.29, 1.82) is 0 Å². The highest BCUT2D eigenvalue weighted by Gasteiger charge is 2.18. The SMILES string of the molecule is CCn1c(SCC(=O)Nc2ccc(N3CCOCC3)c(Cl)c2)nnc1-c1ccccc1O. The monoisotopic (exact) mass is 473 g/mol. The third-order valence-electron chi connectivity index (χ3n) is 5.09. The molecular formula is C22H24ClN5O3S. The van der Waals surface area contributed by atoms with E-state index in [0.717, 1.165) is 18.8 Å². The molecular weight excluding hydrogens is 450 g/mol. The summed E-state index contributed by atoms with van der Waals surface area (Å²) in [4.78, 5) is 14.7. The number of aromatic nitrogens is 3. The number of morpholine rings is 1. The zero-order valence-corrected chi connectivity index (χ0v) is 19.2. The molecule has 0 bridgehead atoms. The van der Waals surface area contributed by atoms with Crippen LogP contribution >= 0.6 is 23.4 Å². The van der Waals surface area contributed by atoms with Gasteiger partial charge in [-0.3, -0.25) is 4.79 Å². The third kappa shape index (κ3) is 5.01. The first kappa shape index (κ1) is 22.4. The van der Waals surface area contributed by atoms with Crippen LogP contribution in [0.2, 0.25) is 5.02 Å². The summed E-state index contributed by atoms with van der Waals surface area (Å²) in [6.45, 7) is 5.53. The maximum Gasteiger partial charge on any atom is 0.234 e. The van der Waals surface area contributed by atoms with Crippen LogP contribution in [0.5, 0.6) is 5.75 Å². The van der Waals surface area contributed by atoms with Gasteiger partial charge < -0.3 is 24.6 Å². The van der Waals surface area contributed by atoms with Gasteiger partial charge >= 0.3 is 0 Å². The Morgan fingerprint density at radius 1 is 1.22 bits per heavy atom. The molecule has 8 nitrogen and oxygen atoms in total. The Hall–Kier alpha value is -2.75. The highest BCUT2D eigenvalue weighted by Crippen LogP contribution is 2.31. The molecule has 1 aromatic heterocycles. The molecule has 0 unspecified atom stereocenters. The molecule has 10 heteroatoms. The second-order valence-corrected chi connectivity index (χ2v) is 8.52. The number of hydrogen-bond acceptors (Lipinski definition) is 7. The van der Waals surface area contributed by atoms with Crippen molar-refractivity contribution < 1.29 is 14.6 Å². The Bertz CT molecular complexity index is 1100. The molecule has 4 rings (SSSR count). The van der Waals surface area contributed by atoms with Crippen LogP contribution in [0.15, 0.2) is 47.6 Å². The van der Waals surface area contributed by atoms with Crippen molar-refractivity contribution in [2.24, 2.45) is 0 Å². The summed E-state index contributed by atoms with van der Waals surface area (Å²) < 4.78 is 7.26. The number of rotatable bonds is 7. The van der Waals surface area contributed by atoms with Crippen LogP contribution in [0.4, 0.5) is 11.4 Å². The number of amides is 1. The lowest BCUT2D eigenvalue weighted by Crippen LogP contribution is -2.36. The first-order valence-corrected chi connectivity index (χ1v) is 11.7. The maximum atomic E-state index is 12.5. The fourth-order valence-corrected chi connectivity index (χ4v) is 4.62. The van der Waals surface area contributed by atoms with Crippen molar-refractivity contribution in [3.05, 3.63) is 47.5 Å². The van der Waals surface area contributed by atoms with E-state index in [1.165, 1.54) is 11.8 Å². The zero-order chi connectivity index (χ0) is 22.5. The van der Waals surface area contributed by atoms with Gasteiger partial charge in [0.05, 0.1) is 35.2 Å². The lowest BCUT2D eigenvalue weighted by molar-refractivity contribution is -0.113. The standard InChI is InChI=1S/C22H24ClN5O3S/c1-2-28-21(16-5-3-4-6-19(16)29)25-26-22(28)32-14-20(30)24-15-7-8-18(17(23)13-15)27-9-11-31-12-10-27/h3-8,13,29H,2,9-12,14H2,1H3,(H,24,30). The molecule has 0 aliphatic carbocycles. The quantitative estimate of drug-likeness (QED) is 0.503. The van der Waals surface area contributed by atoms with Gasteiger partial charge in [-0.25, -0.2) is 0 Å². The Kier molecular flexibility index (Phi) is 7.19. The highest BCUT2D eigenvalue weighted by atomic mass is 35.5. The van der Waals surface area contributed by atoms with Crippen molar-refractivity contribution in [2.45, 2.75) is 18.6 Å². The van der Waals surface area contributed by atoms with Crippen LogP contribution < -0.4 is 10.2 Å². The van der Waals surface area contributed by atoms with E-state index in [0.29, 0.717) is 47.0 Å². The third-order valence-corrected chi connectivity index (χ3v) is 6.36. The molecule has 2 aromatic carbocycles. The molecule has 1 saturated heterocycles. The summed E-state index contributed by atoms with van der Waals surface area (Å²) in [7, 11) is 0. The Balaban J connectivity index is 1.39. The number of anilines is 2. The molecule has 2 heterocycles. The molecule has 0 saturated carbocycles. The summed E-state index contributed by atoms with van der Waals surface area (Å²) in [5.41, 5.74) is 2.19. The number of benzene rings is 2. The maximum absolute atomic E-state index is 12.5. The summed E-state index contributed by atoms with van der Waals surface area (Å²) in [5, 5.41) is 22.6. The lowest BCUT2D eigenvalue weighted by atomic mass is 10.2. The topological polar surface area (TPSA) is 92.5 Å². The number of thioether (sulfide) groups is 1. The molecule has 3 aromatic rings. The van der Waals surface area contributed by atoms with E-state index in [1.807, 2.05) is 29.7 Å². The van der Waals surface area contributed by atoms with E-state index in [-0.39, 0.29) is 17.4 Å². The zero-order valence-electron chi connectivity index (χ0n) is 17.6. The van der Waals surface area contributed by atoms with Crippen LogP contribution in [0, 0.1) is 0 Å². The van der Waals surface area contributed by atoms with Gasteiger partial charge in [-0.2, -0.15) is 0 Å². The number of para-hydroxylation sites is 1. The number of phenolic OH excluding ortho intramolecular Hbond substituents is 1. The molecule has 0 atom stereocenters. The summed E-state index contributed by atoms with van der Waals surface area (Å²) in [6.07, 6.45) is 0. The van der Waals surface area contributed by atoms with Crippen LogP contribution in [0.25, 0.3) is 11.4 Å². The predicted octanol–water partition coefficient (Wildman–Crippen LogP) is 3.89. The van der Waals surface area contributed by atoms with E-state index in [4.69, 9.17) is 16.3 Å². The molecule has 0 radical (unpaired) electrons. The second-order valence-electron chi connectivity index (χ2n) is 7.17. The molecule has 1 aliphatic rings. The fraction of sp³-hybridized carbons (Fsp3) is 0.318. The van der Waals surface area contributed by atoms with Crippen LogP contribution in [0.1, 0.15) is 6.92 Å². The van der Waals surface area contributed by atoms with E-state index < -0.39 is 0 Å². The minimum absolute atomic E-state index is 0.140. The van der Waals surface area contributed by atoms with E-state index >= 15 is 0 Å². The fourth-order valence-electron chi connectivity index (χ4n) is 3.52. The van der Waals surface area contributed by atoms with E-state index in [9.17, 15) is 9.90 Å². The van der Waals surface area contributed by atoms with Crippen molar-refractivity contribution in [1.82, 2.24) is 14.8 Å².